The maximum Gasteiger partial charge on any atom is 0.474 e. The fraction of sp³-hybridized carbons (Fsp3) is 1.00. The van der Waals surface area contributed by atoms with Crippen molar-refractivity contribution in [1.82, 2.24) is 0 Å². The zero-order chi connectivity index (χ0) is 8.32. The fourth-order valence-corrected chi connectivity index (χ4v) is 1.23. The zero-order valence-corrected chi connectivity index (χ0v) is 7.37. The van der Waals surface area contributed by atoms with Crippen molar-refractivity contribution in [2.75, 3.05) is 27.4 Å². The van der Waals surface area contributed by atoms with Crippen LogP contribution in [0.1, 0.15) is 0 Å². The van der Waals surface area contributed by atoms with Crippen molar-refractivity contribution in [3.05, 3.63) is 0 Å². The molecule has 0 saturated carbocycles. The van der Waals surface area contributed by atoms with E-state index in [-0.39, 0.29) is 12.7 Å². The summed E-state index contributed by atoms with van der Waals surface area (Å²) in [5.74, 6) is 0. The Hall–Kier alpha value is 0.0700. The third-order valence-electron chi connectivity index (χ3n) is 1.27. The summed E-state index contributed by atoms with van der Waals surface area (Å²) >= 11 is 0. The van der Waals surface area contributed by atoms with E-state index in [9.17, 15) is 4.57 Å². The van der Waals surface area contributed by atoms with Gasteiger partial charge >= 0.3 is 7.82 Å². The molecule has 1 fully saturated rings. The Labute approximate surface area is 65.2 Å². The summed E-state index contributed by atoms with van der Waals surface area (Å²) in [5.41, 5.74) is 0. The summed E-state index contributed by atoms with van der Waals surface area (Å²) in [7, 11) is -0.723. The Bertz CT molecular complexity index is 158. The van der Waals surface area contributed by atoms with Crippen LogP contribution in [-0.4, -0.2) is 33.5 Å². The van der Waals surface area contributed by atoms with E-state index in [2.05, 4.69) is 9.05 Å². The number of hydrogen-bond acceptors (Lipinski definition) is 5. The molecule has 5 nitrogen and oxygen atoms in total. The summed E-state index contributed by atoms with van der Waals surface area (Å²) in [6.45, 7) is 0.923. The largest absolute Gasteiger partial charge is 0.474 e. The van der Waals surface area contributed by atoms with E-state index in [1.165, 1.54) is 14.2 Å². The molecule has 1 aliphatic heterocycles. The summed E-state index contributed by atoms with van der Waals surface area (Å²) < 4.78 is 29.9. The van der Waals surface area contributed by atoms with Gasteiger partial charge in [-0.1, -0.05) is 0 Å². The summed E-state index contributed by atoms with van der Waals surface area (Å²) in [4.78, 5) is 0. The van der Waals surface area contributed by atoms with Gasteiger partial charge in [-0.3, -0.25) is 13.6 Å². The van der Waals surface area contributed by atoms with Crippen molar-refractivity contribution in [3.8, 4) is 0 Å². The minimum atomic E-state index is -3.28. The van der Waals surface area contributed by atoms with Gasteiger partial charge in [-0.05, 0) is 0 Å². The number of phosphoric acid groups is 1. The lowest BCUT2D eigenvalue weighted by Crippen LogP contribution is -2.01. The molecular formula is C5H11O5P. The quantitative estimate of drug-likeness (QED) is 0.465. The van der Waals surface area contributed by atoms with Crippen molar-refractivity contribution in [3.63, 3.8) is 0 Å². The molecule has 1 heterocycles. The second-order valence-corrected chi connectivity index (χ2v) is 3.95. The number of hydrogen-bond donors (Lipinski definition) is 0. The molecule has 0 bridgehead atoms. The van der Waals surface area contributed by atoms with Crippen LogP contribution < -0.4 is 0 Å². The van der Waals surface area contributed by atoms with Crippen LogP contribution in [0.3, 0.4) is 0 Å². The third-order valence-corrected chi connectivity index (χ3v) is 2.63. The van der Waals surface area contributed by atoms with Crippen molar-refractivity contribution < 1.29 is 22.9 Å². The van der Waals surface area contributed by atoms with E-state index in [4.69, 9.17) is 9.26 Å². The monoisotopic (exact) mass is 182 g/mol. The molecule has 0 aromatic carbocycles. The molecule has 6 heteroatoms. The van der Waals surface area contributed by atoms with E-state index in [1.54, 1.807) is 0 Å². The van der Waals surface area contributed by atoms with E-state index in [0.29, 0.717) is 6.61 Å². The second kappa shape index (κ2) is 3.65. The Morgan fingerprint density at radius 1 is 1.55 bits per heavy atom. The summed E-state index contributed by atoms with van der Waals surface area (Å²) in [6, 6.07) is 0. The molecule has 0 amide bonds. The molecule has 1 unspecified atom stereocenters. The summed E-state index contributed by atoms with van der Waals surface area (Å²) in [5, 5.41) is 0. The van der Waals surface area contributed by atoms with Gasteiger partial charge in [0.15, 0.2) is 0 Å². The maximum atomic E-state index is 11.2. The molecule has 66 valence electrons. The average Bonchev–Trinajstić information content (AvgIpc) is 2.83. The molecule has 1 saturated heterocycles. The Kier molecular flexibility index (Phi) is 3.04. The van der Waals surface area contributed by atoms with Crippen LogP contribution in [0.5, 0.6) is 0 Å². The van der Waals surface area contributed by atoms with Crippen LogP contribution in [-0.2, 0) is 22.9 Å². The predicted octanol–water partition coefficient (Wildman–Crippen LogP) is 0.803. The number of epoxide rings is 1. The second-order valence-electron chi connectivity index (χ2n) is 2.06. The minimum absolute atomic E-state index is 0.0635. The van der Waals surface area contributed by atoms with E-state index in [0.717, 1.165) is 0 Å². The zero-order valence-electron chi connectivity index (χ0n) is 6.48. The van der Waals surface area contributed by atoms with E-state index in [1.807, 2.05) is 0 Å². The van der Waals surface area contributed by atoms with Gasteiger partial charge in [0.05, 0.1) is 13.2 Å². The van der Waals surface area contributed by atoms with Gasteiger partial charge < -0.3 is 4.74 Å². The highest BCUT2D eigenvalue weighted by Gasteiger charge is 2.29. The first-order valence-corrected chi connectivity index (χ1v) is 4.64. The molecule has 1 rings (SSSR count). The first-order valence-electron chi connectivity index (χ1n) is 3.18. The van der Waals surface area contributed by atoms with Crippen LogP contribution in [0.15, 0.2) is 0 Å². The minimum Gasteiger partial charge on any atom is -0.371 e. The molecule has 1 atom stereocenters. The SMILES string of the molecule is COP(=O)(OC)OCC1CO1. The van der Waals surface area contributed by atoms with Gasteiger partial charge in [-0.25, -0.2) is 4.57 Å². The van der Waals surface area contributed by atoms with Crippen LogP contribution in [0.25, 0.3) is 0 Å². The first kappa shape index (κ1) is 9.16. The topological polar surface area (TPSA) is 57.3 Å². The standard InChI is InChI=1S/C5H11O5P/c1-7-11(6,8-2)10-4-5-3-9-5/h5H,3-4H2,1-2H3. The van der Waals surface area contributed by atoms with E-state index < -0.39 is 7.82 Å². The lowest BCUT2D eigenvalue weighted by atomic mass is 10.5. The molecule has 0 aliphatic carbocycles. The Morgan fingerprint density at radius 2 is 2.09 bits per heavy atom. The van der Waals surface area contributed by atoms with Gasteiger partial charge in [0.1, 0.15) is 6.10 Å². The lowest BCUT2D eigenvalue weighted by molar-refractivity contribution is 0.142. The molecular weight excluding hydrogens is 171 g/mol. The first-order chi connectivity index (χ1) is 5.20. The van der Waals surface area contributed by atoms with Gasteiger partial charge in [0.25, 0.3) is 0 Å². The number of ether oxygens (including phenoxy) is 1. The van der Waals surface area contributed by atoms with E-state index >= 15 is 0 Å². The highest BCUT2D eigenvalue weighted by Crippen LogP contribution is 2.47. The van der Waals surface area contributed by atoms with Crippen molar-refractivity contribution in [2.24, 2.45) is 0 Å². The van der Waals surface area contributed by atoms with Crippen LogP contribution in [0, 0.1) is 0 Å². The van der Waals surface area contributed by atoms with Gasteiger partial charge in [0.2, 0.25) is 0 Å². The van der Waals surface area contributed by atoms with Crippen molar-refractivity contribution in [2.45, 2.75) is 6.10 Å². The number of rotatable bonds is 5. The fourth-order valence-electron chi connectivity index (χ4n) is 0.519. The molecule has 0 aromatic rings. The highest BCUT2D eigenvalue weighted by molar-refractivity contribution is 7.48. The summed E-state index contributed by atoms with van der Waals surface area (Å²) in [6.07, 6.45) is 0.0635. The smallest absolute Gasteiger partial charge is 0.371 e. The molecule has 0 radical (unpaired) electrons. The van der Waals surface area contributed by atoms with Crippen molar-refractivity contribution >= 4 is 7.82 Å². The van der Waals surface area contributed by atoms with Gasteiger partial charge in [-0.2, -0.15) is 0 Å². The molecule has 0 N–H and O–H groups in total. The van der Waals surface area contributed by atoms with Crippen molar-refractivity contribution in [1.29, 1.82) is 0 Å². The third kappa shape index (κ3) is 2.89. The van der Waals surface area contributed by atoms with Crippen LogP contribution in [0.4, 0.5) is 0 Å². The highest BCUT2D eigenvalue weighted by atomic mass is 31.2. The Balaban J connectivity index is 2.24. The lowest BCUT2D eigenvalue weighted by Gasteiger charge is -2.11. The van der Waals surface area contributed by atoms with Crippen LogP contribution in [0.2, 0.25) is 0 Å². The average molecular weight is 182 g/mol. The van der Waals surface area contributed by atoms with Gasteiger partial charge in [0, 0.05) is 14.2 Å². The number of phosphoric ester groups is 1. The molecule has 11 heavy (non-hydrogen) atoms. The molecule has 1 aliphatic rings. The van der Waals surface area contributed by atoms with Crippen LogP contribution >= 0.6 is 7.82 Å². The normalized spacial score (nSPS) is 23.6. The Morgan fingerprint density at radius 3 is 2.45 bits per heavy atom. The molecule has 0 aromatic heterocycles. The predicted molar refractivity (Wildman–Crippen MR) is 37.3 cm³/mol. The van der Waals surface area contributed by atoms with Gasteiger partial charge in [-0.15, -0.1) is 0 Å². The molecule has 0 spiro atoms. The maximum absolute atomic E-state index is 11.2.